The van der Waals surface area contributed by atoms with E-state index in [0.29, 0.717) is 13.0 Å². The molecule has 114 valence electrons. The molecule has 0 spiro atoms. The summed E-state index contributed by atoms with van der Waals surface area (Å²) in [7, 11) is 0. The van der Waals surface area contributed by atoms with E-state index in [-0.39, 0.29) is 30.4 Å². The number of nitrogens with one attached hydrogen (secondary N) is 1. The van der Waals surface area contributed by atoms with Crippen LogP contribution in [0.5, 0.6) is 5.75 Å². The maximum Gasteiger partial charge on any atom is 0.223 e. The van der Waals surface area contributed by atoms with E-state index < -0.39 is 0 Å². The van der Waals surface area contributed by atoms with Gasteiger partial charge in [-0.2, -0.15) is 0 Å². The van der Waals surface area contributed by atoms with Crippen LogP contribution in [0.4, 0.5) is 0 Å². The van der Waals surface area contributed by atoms with Gasteiger partial charge in [0.2, 0.25) is 5.91 Å². The second kappa shape index (κ2) is 7.84. The molecule has 3 atom stereocenters. The highest BCUT2D eigenvalue weighted by atomic mass is 16.5. The maximum absolute atomic E-state index is 12.1. The van der Waals surface area contributed by atoms with Crippen LogP contribution in [-0.2, 0) is 4.79 Å². The van der Waals surface area contributed by atoms with Crippen molar-refractivity contribution in [2.75, 3.05) is 13.2 Å². The summed E-state index contributed by atoms with van der Waals surface area (Å²) in [4.78, 5) is 12.1. The van der Waals surface area contributed by atoms with Crippen molar-refractivity contribution >= 4 is 5.91 Å². The molecular weight excluding hydrogens is 266 g/mol. The summed E-state index contributed by atoms with van der Waals surface area (Å²) in [5.41, 5.74) is 0. The van der Waals surface area contributed by atoms with E-state index in [0.717, 1.165) is 12.2 Å². The first kappa shape index (κ1) is 15.6. The van der Waals surface area contributed by atoms with Gasteiger partial charge >= 0.3 is 0 Å². The zero-order chi connectivity index (χ0) is 15.1. The molecule has 1 amide bonds. The topological polar surface area (TPSA) is 58.6 Å². The van der Waals surface area contributed by atoms with E-state index in [9.17, 15) is 4.79 Å². The smallest absolute Gasteiger partial charge is 0.223 e. The van der Waals surface area contributed by atoms with Crippen LogP contribution in [0.15, 0.2) is 42.5 Å². The SMILES string of the molecule is CC(CCOc1ccccc1)C(=O)N[C@@H]1C=C[C@H](CO)C1. The van der Waals surface area contributed by atoms with Gasteiger partial charge in [0.15, 0.2) is 0 Å². The van der Waals surface area contributed by atoms with Crippen LogP contribution in [0.1, 0.15) is 19.8 Å². The van der Waals surface area contributed by atoms with Crippen LogP contribution in [-0.4, -0.2) is 30.3 Å². The number of hydrogen-bond donors (Lipinski definition) is 2. The molecule has 4 heteroatoms. The van der Waals surface area contributed by atoms with E-state index in [1.165, 1.54) is 0 Å². The summed E-state index contributed by atoms with van der Waals surface area (Å²) in [6, 6.07) is 9.65. The van der Waals surface area contributed by atoms with E-state index >= 15 is 0 Å². The van der Waals surface area contributed by atoms with Crippen molar-refractivity contribution in [3.8, 4) is 5.75 Å². The molecule has 1 aliphatic carbocycles. The predicted molar refractivity (Wildman–Crippen MR) is 82.0 cm³/mol. The lowest BCUT2D eigenvalue weighted by molar-refractivity contribution is -0.125. The minimum atomic E-state index is -0.0877. The Morgan fingerprint density at radius 1 is 1.38 bits per heavy atom. The van der Waals surface area contributed by atoms with Crippen molar-refractivity contribution < 1.29 is 14.6 Å². The average molecular weight is 289 g/mol. The fourth-order valence-corrected chi connectivity index (χ4v) is 2.34. The van der Waals surface area contributed by atoms with Crippen molar-refractivity contribution in [2.24, 2.45) is 11.8 Å². The molecule has 0 heterocycles. The highest BCUT2D eigenvalue weighted by Crippen LogP contribution is 2.18. The normalized spacial score (nSPS) is 22.0. The van der Waals surface area contributed by atoms with Crippen molar-refractivity contribution in [3.63, 3.8) is 0 Å². The molecule has 0 aliphatic heterocycles. The summed E-state index contributed by atoms with van der Waals surface area (Å²) >= 11 is 0. The van der Waals surface area contributed by atoms with Crippen molar-refractivity contribution in [3.05, 3.63) is 42.5 Å². The summed E-state index contributed by atoms with van der Waals surface area (Å²) in [5.74, 6) is 0.955. The Balaban J connectivity index is 1.67. The number of amides is 1. The van der Waals surface area contributed by atoms with Gasteiger partial charge < -0.3 is 15.2 Å². The number of carbonyl (C=O) groups excluding carboxylic acids is 1. The van der Waals surface area contributed by atoms with Gasteiger partial charge in [-0.05, 0) is 25.0 Å². The molecule has 2 N–H and O–H groups in total. The Kier molecular flexibility index (Phi) is 5.81. The monoisotopic (exact) mass is 289 g/mol. The molecule has 0 saturated carbocycles. The lowest BCUT2D eigenvalue weighted by Gasteiger charge is -2.17. The van der Waals surface area contributed by atoms with Gasteiger partial charge in [-0.15, -0.1) is 0 Å². The first-order valence-corrected chi connectivity index (χ1v) is 7.46. The number of aliphatic hydroxyl groups is 1. The maximum atomic E-state index is 12.1. The summed E-state index contributed by atoms with van der Waals surface area (Å²) in [6.07, 6.45) is 5.40. The quantitative estimate of drug-likeness (QED) is 0.756. The zero-order valence-corrected chi connectivity index (χ0v) is 12.4. The van der Waals surface area contributed by atoms with E-state index in [1.54, 1.807) is 0 Å². The summed E-state index contributed by atoms with van der Waals surface area (Å²) in [5, 5.41) is 12.1. The van der Waals surface area contributed by atoms with Crippen LogP contribution in [0.25, 0.3) is 0 Å². The lowest BCUT2D eigenvalue weighted by Crippen LogP contribution is -2.37. The first-order chi connectivity index (χ1) is 10.2. The third-order valence-corrected chi connectivity index (χ3v) is 3.74. The molecule has 4 nitrogen and oxygen atoms in total. The van der Waals surface area contributed by atoms with Gasteiger partial charge in [0.1, 0.15) is 5.75 Å². The van der Waals surface area contributed by atoms with E-state index in [2.05, 4.69) is 5.32 Å². The molecule has 0 radical (unpaired) electrons. The minimum Gasteiger partial charge on any atom is -0.494 e. The highest BCUT2D eigenvalue weighted by molar-refractivity contribution is 5.78. The minimum absolute atomic E-state index is 0.0416. The van der Waals surface area contributed by atoms with E-state index in [4.69, 9.17) is 9.84 Å². The lowest BCUT2D eigenvalue weighted by atomic mass is 10.1. The molecule has 0 fully saturated rings. The van der Waals surface area contributed by atoms with Crippen molar-refractivity contribution in [1.82, 2.24) is 5.32 Å². The number of aliphatic hydroxyl groups excluding tert-OH is 1. The summed E-state index contributed by atoms with van der Waals surface area (Å²) in [6.45, 7) is 2.58. The van der Waals surface area contributed by atoms with Crippen molar-refractivity contribution in [1.29, 1.82) is 0 Å². The largest absolute Gasteiger partial charge is 0.494 e. The standard InChI is InChI=1S/C17H23NO3/c1-13(9-10-21-16-5-3-2-4-6-16)17(20)18-15-8-7-14(11-15)12-19/h2-8,13-15,19H,9-12H2,1H3,(H,18,20)/t13?,14-,15+/m0/s1. The first-order valence-electron chi connectivity index (χ1n) is 7.46. The molecule has 21 heavy (non-hydrogen) atoms. The molecule has 0 aromatic heterocycles. The number of carbonyl (C=O) groups is 1. The number of ether oxygens (including phenoxy) is 1. The summed E-state index contributed by atoms with van der Waals surface area (Å²) < 4.78 is 5.60. The fourth-order valence-electron chi connectivity index (χ4n) is 2.34. The highest BCUT2D eigenvalue weighted by Gasteiger charge is 2.22. The molecule has 1 aliphatic rings. The molecule has 0 bridgehead atoms. The van der Waals surface area contributed by atoms with Gasteiger partial charge in [0.25, 0.3) is 0 Å². The fraction of sp³-hybridized carbons (Fsp3) is 0.471. The van der Waals surface area contributed by atoms with Gasteiger partial charge in [-0.3, -0.25) is 4.79 Å². The van der Waals surface area contributed by atoms with Crippen LogP contribution >= 0.6 is 0 Å². The van der Waals surface area contributed by atoms with Crippen LogP contribution in [0.3, 0.4) is 0 Å². The van der Waals surface area contributed by atoms with Crippen LogP contribution in [0.2, 0.25) is 0 Å². The van der Waals surface area contributed by atoms with E-state index in [1.807, 2.05) is 49.4 Å². The predicted octanol–water partition coefficient (Wildman–Crippen LogP) is 2.14. The molecule has 1 unspecified atom stereocenters. The Labute approximate surface area is 125 Å². The second-order valence-electron chi connectivity index (χ2n) is 5.53. The van der Waals surface area contributed by atoms with Crippen molar-refractivity contribution in [2.45, 2.75) is 25.8 Å². The van der Waals surface area contributed by atoms with Crippen LogP contribution < -0.4 is 10.1 Å². The Hall–Kier alpha value is -1.81. The Morgan fingerprint density at radius 2 is 2.14 bits per heavy atom. The number of benzene rings is 1. The average Bonchev–Trinajstić information content (AvgIpc) is 2.96. The molecule has 1 aromatic rings. The number of para-hydroxylation sites is 1. The third kappa shape index (κ3) is 4.90. The zero-order valence-electron chi connectivity index (χ0n) is 12.4. The number of hydrogen-bond acceptors (Lipinski definition) is 3. The van der Waals surface area contributed by atoms with Gasteiger partial charge in [-0.25, -0.2) is 0 Å². The Morgan fingerprint density at radius 3 is 2.81 bits per heavy atom. The van der Waals surface area contributed by atoms with Gasteiger partial charge in [-0.1, -0.05) is 37.3 Å². The van der Waals surface area contributed by atoms with Gasteiger partial charge in [0.05, 0.1) is 6.61 Å². The second-order valence-corrected chi connectivity index (χ2v) is 5.53. The Bertz CT molecular complexity index is 472. The molecular formula is C17H23NO3. The third-order valence-electron chi connectivity index (χ3n) is 3.74. The molecule has 1 aromatic carbocycles. The van der Waals surface area contributed by atoms with Crippen LogP contribution in [0, 0.1) is 11.8 Å². The van der Waals surface area contributed by atoms with Gasteiger partial charge in [0, 0.05) is 24.5 Å². The molecule has 2 rings (SSSR count). The molecule has 0 saturated heterocycles. The number of rotatable bonds is 7.